The maximum atomic E-state index is 12.3. The van der Waals surface area contributed by atoms with Crippen LogP contribution in [-0.4, -0.2) is 17.1 Å². The number of carbonyl (C=O) groups excluding carboxylic acids is 1. The van der Waals surface area contributed by atoms with Gasteiger partial charge in [0.25, 0.3) is 5.91 Å². The number of hydrazone groups is 1. The molecule has 1 aromatic heterocycles. The number of benzene rings is 3. The molecule has 0 unspecified atom stereocenters. The standard InChI is InChI=1S/C20H15N3O/c24-20(18-13-21-19-11-4-3-10-17(18)19)23-22-12-15-8-5-7-14-6-1-2-9-16(14)15/h1-13,21H,(H,23,24). The normalized spacial score (nSPS) is 11.3. The van der Waals surface area contributed by atoms with Crippen molar-refractivity contribution in [2.24, 2.45) is 5.10 Å². The van der Waals surface area contributed by atoms with Crippen molar-refractivity contribution in [1.82, 2.24) is 10.4 Å². The molecule has 0 saturated carbocycles. The van der Waals surface area contributed by atoms with Gasteiger partial charge in [-0.3, -0.25) is 4.79 Å². The topological polar surface area (TPSA) is 57.2 Å². The van der Waals surface area contributed by atoms with Crippen molar-refractivity contribution in [3.05, 3.63) is 84.1 Å². The molecule has 0 aliphatic heterocycles. The first kappa shape index (κ1) is 14.2. The fourth-order valence-corrected chi connectivity index (χ4v) is 2.84. The highest BCUT2D eigenvalue weighted by atomic mass is 16.2. The van der Waals surface area contributed by atoms with Gasteiger partial charge in [-0.15, -0.1) is 0 Å². The van der Waals surface area contributed by atoms with Gasteiger partial charge in [-0.1, -0.05) is 60.7 Å². The number of hydrogen-bond acceptors (Lipinski definition) is 2. The summed E-state index contributed by atoms with van der Waals surface area (Å²) in [5.41, 5.74) is 5.08. The second-order valence-electron chi connectivity index (χ2n) is 5.52. The molecule has 1 heterocycles. The molecule has 1 amide bonds. The first-order valence-corrected chi connectivity index (χ1v) is 7.70. The zero-order chi connectivity index (χ0) is 16.4. The van der Waals surface area contributed by atoms with Crippen LogP contribution >= 0.6 is 0 Å². The fourth-order valence-electron chi connectivity index (χ4n) is 2.84. The molecule has 24 heavy (non-hydrogen) atoms. The Kier molecular flexibility index (Phi) is 3.56. The Hall–Kier alpha value is -3.40. The zero-order valence-corrected chi connectivity index (χ0v) is 12.9. The minimum Gasteiger partial charge on any atom is -0.360 e. The smallest absolute Gasteiger partial charge is 0.273 e. The van der Waals surface area contributed by atoms with Gasteiger partial charge in [0.2, 0.25) is 0 Å². The third-order valence-electron chi connectivity index (χ3n) is 4.03. The maximum Gasteiger partial charge on any atom is 0.273 e. The number of aromatic nitrogens is 1. The van der Waals surface area contributed by atoms with Crippen LogP contribution in [0.5, 0.6) is 0 Å². The van der Waals surface area contributed by atoms with Gasteiger partial charge in [-0.05, 0) is 16.8 Å². The zero-order valence-electron chi connectivity index (χ0n) is 12.9. The minimum atomic E-state index is -0.232. The molecular weight excluding hydrogens is 298 g/mol. The van der Waals surface area contributed by atoms with Crippen molar-refractivity contribution < 1.29 is 4.79 Å². The van der Waals surface area contributed by atoms with Crippen molar-refractivity contribution in [3.8, 4) is 0 Å². The summed E-state index contributed by atoms with van der Waals surface area (Å²) in [5, 5.41) is 7.25. The Morgan fingerprint density at radius 2 is 1.67 bits per heavy atom. The Labute approximate surface area is 138 Å². The number of rotatable bonds is 3. The average Bonchev–Trinajstić information content (AvgIpc) is 3.06. The van der Waals surface area contributed by atoms with E-state index in [1.807, 2.05) is 54.6 Å². The fraction of sp³-hybridized carbons (Fsp3) is 0. The van der Waals surface area contributed by atoms with Crippen LogP contribution in [0.15, 0.2) is 78.0 Å². The van der Waals surface area contributed by atoms with Crippen LogP contribution < -0.4 is 5.43 Å². The summed E-state index contributed by atoms with van der Waals surface area (Å²) >= 11 is 0. The quantitative estimate of drug-likeness (QED) is 0.434. The molecule has 0 radical (unpaired) electrons. The van der Waals surface area contributed by atoms with Crippen LogP contribution in [-0.2, 0) is 0 Å². The van der Waals surface area contributed by atoms with Crippen LogP contribution in [0.3, 0.4) is 0 Å². The van der Waals surface area contributed by atoms with E-state index in [1.54, 1.807) is 12.4 Å². The maximum absolute atomic E-state index is 12.3. The van der Waals surface area contributed by atoms with E-state index in [1.165, 1.54) is 0 Å². The summed E-state index contributed by atoms with van der Waals surface area (Å²) in [6.45, 7) is 0. The molecule has 2 N–H and O–H groups in total. The molecule has 4 heteroatoms. The molecule has 0 spiro atoms. The monoisotopic (exact) mass is 313 g/mol. The highest BCUT2D eigenvalue weighted by molar-refractivity contribution is 6.07. The van der Waals surface area contributed by atoms with Gasteiger partial charge < -0.3 is 4.98 Å². The van der Waals surface area contributed by atoms with Crippen LogP contribution in [0.4, 0.5) is 0 Å². The van der Waals surface area contributed by atoms with Gasteiger partial charge in [-0.2, -0.15) is 5.10 Å². The van der Waals surface area contributed by atoms with E-state index in [0.717, 1.165) is 27.2 Å². The van der Waals surface area contributed by atoms with Crippen molar-refractivity contribution in [2.45, 2.75) is 0 Å². The number of amides is 1. The van der Waals surface area contributed by atoms with Crippen molar-refractivity contribution in [2.75, 3.05) is 0 Å². The van der Waals surface area contributed by atoms with E-state index in [9.17, 15) is 4.79 Å². The summed E-state index contributed by atoms with van der Waals surface area (Å²) in [6, 6.07) is 21.8. The van der Waals surface area contributed by atoms with Gasteiger partial charge >= 0.3 is 0 Å². The largest absolute Gasteiger partial charge is 0.360 e. The van der Waals surface area contributed by atoms with E-state index in [-0.39, 0.29) is 5.91 Å². The Bertz CT molecular complexity index is 1060. The molecule has 3 aromatic carbocycles. The lowest BCUT2D eigenvalue weighted by atomic mass is 10.1. The molecule has 0 bridgehead atoms. The Morgan fingerprint density at radius 1 is 0.917 bits per heavy atom. The highest BCUT2D eigenvalue weighted by Gasteiger charge is 2.10. The van der Waals surface area contributed by atoms with Crippen LogP contribution in [0.2, 0.25) is 0 Å². The first-order valence-electron chi connectivity index (χ1n) is 7.70. The number of carbonyl (C=O) groups is 1. The van der Waals surface area contributed by atoms with Crippen molar-refractivity contribution >= 4 is 33.8 Å². The molecule has 0 aliphatic carbocycles. The van der Waals surface area contributed by atoms with E-state index in [4.69, 9.17) is 0 Å². The Morgan fingerprint density at radius 3 is 2.58 bits per heavy atom. The first-order chi connectivity index (χ1) is 11.8. The second-order valence-corrected chi connectivity index (χ2v) is 5.52. The number of H-pyrrole nitrogens is 1. The van der Waals surface area contributed by atoms with Crippen molar-refractivity contribution in [3.63, 3.8) is 0 Å². The van der Waals surface area contributed by atoms with Gasteiger partial charge in [-0.25, -0.2) is 5.43 Å². The molecule has 4 nitrogen and oxygen atoms in total. The van der Waals surface area contributed by atoms with Crippen molar-refractivity contribution in [1.29, 1.82) is 0 Å². The van der Waals surface area contributed by atoms with Gasteiger partial charge in [0.1, 0.15) is 0 Å². The molecule has 4 rings (SSSR count). The lowest BCUT2D eigenvalue weighted by Crippen LogP contribution is -2.17. The molecule has 0 fully saturated rings. The number of nitrogens with one attached hydrogen (secondary N) is 2. The van der Waals surface area contributed by atoms with E-state index >= 15 is 0 Å². The summed E-state index contributed by atoms with van der Waals surface area (Å²) in [4.78, 5) is 15.4. The number of fused-ring (bicyclic) bond motifs is 2. The van der Waals surface area contributed by atoms with Crippen LogP contribution in [0.25, 0.3) is 21.7 Å². The van der Waals surface area contributed by atoms with E-state index < -0.39 is 0 Å². The Balaban J connectivity index is 1.58. The third kappa shape index (κ3) is 2.54. The second kappa shape index (κ2) is 6.01. The summed E-state index contributed by atoms with van der Waals surface area (Å²) in [7, 11) is 0. The minimum absolute atomic E-state index is 0.232. The molecule has 0 aliphatic rings. The highest BCUT2D eigenvalue weighted by Crippen LogP contribution is 2.18. The number of hydrogen-bond donors (Lipinski definition) is 2. The molecule has 116 valence electrons. The molecule has 0 saturated heterocycles. The average molecular weight is 313 g/mol. The molecule has 4 aromatic rings. The summed E-state index contributed by atoms with van der Waals surface area (Å²) in [6.07, 6.45) is 3.38. The van der Waals surface area contributed by atoms with Crippen LogP contribution in [0.1, 0.15) is 15.9 Å². The number of para-hydroxylation sites is 1. The van der Waals surface area contributed by atoms with Gasteiger partial charge in [0, 0.05) is 22.7 Å². The van der Waals surface area contributed by atoms with Gasteiger partial charge in [0.15, 0.2) is 0 Å². The lowest BCUT2D eigenvalue weighted by Gasteiger charge is -2.02. The van der Waals surface area contributed by atoms with Crippen LogP contribution in [0, 0.1) is 0 Å². The molecule has 0 atom stereocenters. The SMILES string of the molecule is O=C(NN=Cc1cccc2ccccc12)c1c[nH]c2ccccc12. The number of nitrogens with zero attached hydrogens (tertiary/aromatic N) is 1. The summed E-state index contributed by atoms with van der Waals surface area (Å²) in [5.74, 6) is -0.232. The van der Waals surface area contributed by atoms with E-state index in [0.29, 0.717) is 5.56 Å². The summed E-state index contributed by atoms with van der Waals surface area (Å²) < 4.78 is 0. The van der Waals surface area contributed by atoms with Gasteiger partial charge in [0.05, 0.1) is 11.8 Å². The third-order valence-corrected chi connectivity index (χ3v) is 4.03. The lowest BCUT2D eigenvalue weighted by molar-refractivity contribution is 0.0957. The molecular formula is C20H15N3O. The predicted molar refractivity (Wildman–Crippen MR) is 97.3 cm³/mol. The predicted octanol–water partition coefficient (Wildman–Crippen LogP) is 4.09. The van der Waals surface area contributed by atoms with E-state index in [2.05, 4.69) is 27.6 Å². The number of aromatic amines is 1.